The van der Waals surface area contributed by atoms with E-state index in [0.29, 0.717) is 0 Å². The average Bonchev–Trinajstić information content (AvgIpc) is 2.02. The Balaban J connectivity index is 3.05. The fraction of sp³-hybridized carbons (Fsp3) is 0.333. The maximum atomic E-state index is 5.51. The van der Waals surface area contributed by atoms with Crippen LogP contribution in [0.5, 0.6) is 0 Å². The second-order valence-electron chi connectivity index (χ2n) is 3.44. The average molecular weight is 195 g/mol. The van der Waals surface area contributed by atoms with E-state index < -0.39 is 0 Å². The van der Waals surface area contributed by atoms with E-state index in [1.165, 1.54) is 22.3 Å². The molecule has 0 radical (unpaired) electrons. The molecule has 0 fully saturated rings. The molecule has 0 spiro atoms. The first-order chi connectivity index (χ1) is 6.15. The van der Waals surface area contributed by atoms with Crippen LogP contribution in [0.4, 0.5) is 0 Å². The van der Waals surface area contributed by atoms with Gasteiger partial charge < -0.3 is 0 Å². The Morgan fingerprint density at radius 1 is 1.15 bits per heavy atom. The van der Waals surface area contributed by atoms with Crippen LogP contribution in [-0.4, -0.2) is 0 Å². The van der Waals surface area contributed by atoms with Crippen molar-refractivity contribution < 1.29 is 0 Å². The van der Waals surface area contributed by atoms with Crippen LogP contribution in [0.2, 0.25) is 0 Å². The lowest BCUT2D eigenvalue weighted by atomic mass is 9.97. The molecule has 0 aromatic heterocycles. The highest BCUT2D eigenvalue weighted by atomic mass is 35.5. The monoisotopic (exact) mass is 194 g/mol. The maximum absolute atomic E-state index is 5.51. The summed E-state index contributed by atoms with van der Waals surface area (Å²) >= 11 is 5.51. The summed E-state index contributed by atoms with van der Waals surface area (Å²) in [6.07, 6.45) is 2.91. The van der Waals surface area contributed by atoms with E-state index in [1.807, 2.05) is 6.08 Å². The SMILES string of the molecule is Cc1cc(C)c(C/C=C\Cl)c(C)c1. The summed E-state index contributed by atoms with van der Waals surface area (Å²) in [7, 11) is 0. The molecule has 0 saturated carbocycles. The van der Waals surface area contributed by atoms with Gasteiger partial charge in [0.2, 0.25) is 0 Å². The Morgan fingerprint density at radius 3 is 2.15 bits per heavy atom. The molecule has 0 aliphatic carbocycles. The van der Waals surface area contributed by atoms with Gasteiger partial charge in [-0.1, -0.05) is 35.4 Å². The second kappa shape index (κ2) is 4.48. The zero-order valence-corrected chi connectivity index (χ0v) is 9.15. The Kier molecular flexibility index (Phi) is 3.56. The molecule has 70 valence electrons. The Hall–Kier alpha value is -0.750. The van der Waals surface area contributed by atoms with Crippen molar-refractivity contribution in [3.63, 3.8) is 0 Å². The fourth-order valence-corrected chi connectivity index (χ4v) is 1.78. The smallest absolute Gasteiger partial charge is 0.000580 e. The lowest BCUT2D eigenvalue weighted by Crippen LogP contribution is -1.92. The summed E-state index contributed by atoms with van der Waals surface area (Å²) < 4.78 is 0. The molecule has 0 bridgehead atoms. The van der Waals surface area contributed by atoms with Gasteiger partial charge in [-0.05, 0) is 43.9 Å². The van der Waals surface area contributed by atoms with Gasteiger partial charge in [0, 0.05) is 5.54 Å². The van der Waals surface area contributed by atoms with Crippen molar-refractivity contribution in [2.24, 2.45) is 0 Å². The molecule has 0 nitrogen and oxygen atoms in total. The predicted octanol–water partition coefficient (Wildman–Crippen LogP) is 3.91. The quantitative estimate of drug-likeness (QED) is 0.670. The number of benzene rings is 1. The third kappa shape index (κ3) is 2.60. The van der Waals surface area contributed by atoms with Crippen LogP contribution in [0.3, 0.4) is 0 Å². The molecule has 1 heteroatoms. The first-order valence-electron chi connectivity index (χ1n) is 4.47. The minimum Gasteiger partial charge on any atom is -0.0933 e. The van der Waals surface area contributed by atoms with Crippen molar-refractivity contribution in [1.82, 2.24) is 0 Å². The van der Waals surface area contributed by atoms with E-state index in [4.69, 9.17) is 11.6 Å². The molecule has 0 aliphatic heterocycles. The zero-order valence-electron chi connectivity index (χ0n) is 8.39. The van der Waals surface area contributed by atoms with Crippen LogP contribution in [0.1, 0.15) is 22.3 Å². The van der Waals surface area contributed by atoms with Gasteiger partial charge in [-0.25, -0.2) is 0 Å². The van der Waals surface area contributed by atoms with Gasteiger partial charge in [-0.3, -0.25) is 0 Å². The highest BCUT2D eigenvalue weighted by Crippen LogP contribution is 2.17. The van der Waals surface area contributed by atoms with Gasteiger partial charge in [0.05, 0.1) is 0 Å². The van der Waals surface area contributed by atoms with Crippen LogP contribution in [0.15, 0.2) is 23.7 Å². The summed E-state index contributed by atoms with van der Waals surface area (Å²) in [5, 5.41) is 0. The molecular weight excluding hydrogens is 180 g/mol. The van der Waals surface area contributed by atoms with Crippen molar-refractivity contribution in [2.45, 2.75) is 27.2 Å². The maximum Gasteiger partial charge on any atom is 0.000580 e. The summed E-state index contributed by atoms with van der Waals surface area (Å²) in [5.74, 6) is 0. The summed E-state index contributed by atoms with van der Waals surface area (Å²) in [6.45, 7) is 6.43. The first kappa shape index (κ1) is 10.3. The van der Waals surface area contributed by atoms with E-state index in [9.17, 15) is 0 Å². The fourth-order valence-electron chi connectivity index (χ4n) is 1.69. The Morgan fingerprint density at radius 2 is 1.69 bits per heavy atom. The van der Waals surface area contributed by atoms with Gasteiger partial charge >= 0.3 is 0 Å². The van der Waals surface area contributed by atoms with E-state index in [-0.39, 0.29) is 0 Å². The number of hydrogen-bond acceptors (Lipinski definition) is 0. The zero-order chi connectivity index (χ0) is 9.84. The predicted molar refractivity (Wildman–Crippen MR) is 59.4 cm³/mol. The lowest BCUT2D eigenvalue weighted by Gasteiger charge is -2.08. The summed E-state index contributed by atoms with van der Waals surface area (Å²) in [5.41, 5.74) is 7.01. The molecule has 13 heavy (non-hydrogen) atoms. The van der Waals surface area contributed by atoms with Crippen LogP contribution in [0, 0.1) is 20.8 Å². The van der Waals surface area contributed by atoms with E-state index >= 15 is 0 Å². The van der Waals surface area contributed by atoms with Crippen molar-refractivity contribution in [1.29, 1.82) is 0 Å². The molecule has 1 rings (SSSR count). The van der Waals surface area contributed by atoms with Crippen molar-refractivity contribution >= 4 is 11.6 Å². The molecule has 0 amide bonds. The topological polar surface area (TPSA) is 0 Å². The molecule has 0 unspecified atom stereocenters. The Labute approximate surface area is 85.2 Å². The largest absolute Gasteiger partial charge is 0.0933 e. The first-order valence-corrected chi connectivity index (χ1v) is 4.90. The number of rotatable bonds is 2. The van der Waals surface area contributed by atoms with Crippen LogP contribution >= 0.6 is 11.6 Å². The molecule has 0 saturated heterocycles. The molecule has 0 atom stereocenters. The molecule has 0 aliphatic rings. The van der Waals surface area contributed by atoms with E-state index in [1.54, 1.807) is 5.54 Å². The van der Waals surface area contributed by atoms with Crippen molar-refractivity contribution in [3.05, 3.63) is 46.0 Å². The van der Waals surface area contributed by atoms with E-state index in [0.717, 1.165) is 6.42 Å². The summed E-state index contributed by atoms with van der Waals surface area (Å²) in [6, 6.07) is 4.43. The number of halogens is 1. The third-order valence-corrected chi connectivity index (χ3v) is 2.43. The minimum atomic E-state index is 0.932. The Bertz CT molecular complexity index is 301. The molecule has 1 aromatic carbocycles. The van der Waals surface area contributed by atoms with Crippen LogP contribution < -0.4 is 0 Å². The second-order valence-corrected chi connectivity index (χ2v) is 3.70. The number of hydrogen-bond donors (Lipinski definition) is 0. The highest BCUT2D eigenvalue weighted by molar-refractivity contribution is 6.25. The highest BCUT2D eigenvalue weighted by Gasteiger charge is 2.00. The van der Waals surface area contributed by atoms with Gasteiger partial charge in [-0.2, -0.15) is 0 Å². The van der Waals surface area contributed by atoms with Gasteiger partial charge in [-0.15, -0.1) is 0 Å². The standard InChI is InChI=1S/C12H15Cl/c1-9-7-10(2)12(5-4-6-13)11(3)8-9/h4,6-8H,5H2,1-3H3/b6-4-. The van der Waals surface area contributed by atoms with Crippen molar-refractivity contribution in [2.75, 3.05) is 0 Å². The third-order valence-electron chi connectivity index (χ3n) is 2.25. The van der Waals surface area contributed by atoms with Gasteiger partial charge in [0.25, 0.3) is 0 Å². The number of aryl methyl sites for hydroxylation is 3. The van der Waals surface area contributed by atoms with Crippen LogP contribution in [-0.2, 0) is 6.42 Å². The van der Waals surface area contributed by atoms with Crippen LogP contribution in [0.25, 0.3) is 0 Å². The molecule has 0 heterocycles. The minimum absolute atomic E-state index is 0.932. The van der Waals surface area contributed by atoms with Gasteiger partial charge in [0.1, 0.15) is 0 Å². The van der Waals surface area contributed by atoms with E-state index in [2.05, 4.69) is 32.9 Å². The summed E-state index contributed by atoms with van der Waals surface area (Å²) in [4.78, 5) is 0. The van der Waals surface area contributed by atoms with Gasteiger partial charge in [0.15, 0.2) is 0 Å². The number of allylic oxidation sites excluding steroid dienone is 1. The molecular formula is C12H15Cl. The molecule has 1 aromatic rings. The lowest BCUT2D eigenvalue weighted by molar-refractivity contribution is 1.15. The van der Waals surface area contributed by atoms with Crippen molar-refractivity contribution in [3.8, 4) is 0 Å². The molecule has 0 N–H and O–H groups in total. The normalized spacial score (nSPS) is 11.1.